The Morgan fingerprint density at radius 3 is 2.86 bits per heavy atom. The third kappa shape index (κ3) is 3.32. The summed E-state index contributed by atoms with van der Waals surface area (Å²) in [5.41, 5.74) is 0.770. The molecule has 2 rings (SSSR count). The molecule has 1 aliphatic rings. The number of piperidine rings is 1. The average Bonchev–Trinajstić information content (AvgIpc) is 2.47. The van der Waals surface area contributed by atoms with Gasteiger partial charge < -0.3 is 9.64 Å². The van der Waals surface area contributed by atoms with Gasteiger partial charge in [0.05, 0.1) is 17.1 Å². The molecule has 0 amide bonds. The minimum Gasteiger partial charge on any atom is -0.462 e. The van der Waals surface area contributed by atoms with Crippen LogP contribution < -0.4 is 4.90 Å². The normalized spacial score (nSPS) is 18.4. The second kappa shape index (κ2) is 6.56. The predicted molar refractivity (Wildman–Crippen MR) is 79.7 cm³/mol. The SMILES string of the molecule is CCOC(=O)c1ccc(N2CCCCC2C)c([N+](=O)[O-])c1. The van der Waals surface area contributed by atoms with Crippen molar-refractivity contribution in [2.24, 2.45) is 0 Å². The average molecular weight is 292 g/mol. The lowest BCUT2D eigenvalue weighted by Gasteiger charge is -2.35. The summed E-state index contributed by atoms with van der Waals surface area (Å²) in [7, 11) is 0. The van der Waals surface area contributed by atoms with E-state index in [-0.39, 0.29) is 23.9 Å². The molecule has 1 aromatic carbocycles. The molecule has 1 aliphatic heterocycles. The van der Waals surface area contributed by atoms with Crippen LogP contribution in [0.5, 0.6) is 0 Å². The van der Waals surface area contributed by atoms with Crippen LogP contribution in [-0.2, 0) is 4.74 Å². The highest BCUT2D eigenvalue weighted by Gasteiger charge is 2.26. The summed E-state index contributed by atoms with van der Waals surface area (Å²) in [6, 6.07) is 4.84. The van der Waals surface area contributed by atoms with E-state index in [4.69, 9.17) is 4.74 Å². The summed E-state index contributed by atoms with van der Waals surface area (Å²) < 4.78 is 4.89. The van der Waals surface area contributed by atoms with Gasteiger partial charge >= 0.3 is 5.97 Å². The van der Waals surface area contributed by atoms with Crippen LogP contribution in [0, 0.1) is 10.1 Å². The summed E-state index contributed by atoms with van der Waals surface area (Å²) in [6.45, 7) is 4.83. The minimum atomic E-state index is -0.529. The van der Waals surface area contributed by atoms with E-state index in [9.17, 15) is 14.9 Å². The van der Waals surface area contributed by atoms with Gasteiger partial charge in [0, 0.05) is 18.7 Å². The van der Waals surface area contributed by atoms with Gasteiger partial charge in [-0.05, 0) is 45.2 Å². The fourth-order valence-electron chi connectivity index (χ4n) is 2.71. The van der Waals surface area contributed by atoms with E-state index in [0.717, 1.165) is 25.8 Å². The Hall–Kier alpha value is -2.11. The van der Waals surface area contributed by atoms with Crippen LogP contribution in [0.4, 0.5) is 11.4 Å². The number of nitro benzene ring substituents is 1. The van der Waals surface area contributed by atoms with E-state index in [2.05, 4.69) is 11.8 Å². The zero-order valence-corrected chi connectivity index (χ0v) is 12.4. The van der Waals surface area contributed by atoms with Gasteiger partial charge in [0.2, 0.25) is 0 Å². The van der Waals surface area contributed by atoms with E-state index < -0.39 is 10.9 Å². The zero-order chi connectivity index (χ0) is 15.4. The number of benzene rings is 1. The number of nitro groups is 1. The Morgan fingerprint density at radius 1 is 1.48 bits per heavy atom. The van der Waals surface area contributed by atoms with E-state index in [1.54, 1.807) is 19.1 Å². The third-order valence-electron chi connectivity index (χ3n) is 3.80. The Kier molecular flexibility index (Phi) is 4.77. The molecule has 1 aromatic rings. The minimum absolute atomic E-state index is 0.0331. The summed E-state index contributed by atoms with van der Waals surface area (Å²) in [4.78, 5) is 24.7. The quantitative estimate of drug-likeness (QED) is 0.484. The molecule has 0 aliphatic carbocycles. The topological polar surface area (TPSA) is 72.7 Å². The molecule has 6 heteroatoms. The van der Waals surface area contributed by atoms with Crippen LogP contribution in [-0.4, -0.2) is 30.1 Å². The molecule has 0 saturated carbocycles. The predicted octanol–water partition coefficient (Wildman–Crippen LogP) is 3.15. The van der Waals surface area contributed by atoms with Crippen LogP contribution in [0.2, 0.25) is 0 Å². The Morgan fingerprint density at radius 2 is 2.24 bits per heavy atom. The van der Waals surface area contributed by atoms with Crippen molar-refractivity contribution in [3.05, 3.63) is 33.9 Å². The first-order valence-electron chi connectivity index (χ1n) is 7.26. The summed E-state index contributed by atoms with van der Waals surface area (Å²) in [6.07, 6.45) is 3.20. The van der Waals surface area contributed by atoms with Gasteiger partial charge in [-0.15, -0.1) is 0 Å². The van der Waals surface area contributed by atoms with E-state index in [0.29, 0.717) is 5.69 Å². The highest BCUT2D eigenvalue weighted by atomic mass is 16.6. The molecule has 6 nitrogen and oxygen atoms in total. The lowest BCUT2D eigenvalue weighted by atomic mass is 10.0. The second-order valence-electron chi connectivity index (χ2n) is 5.22. The molecule has 1 heterocycles. The van der Waals surface area contributed by atoms with Crippen molar-refractivity contribution >= 4 is 17.3 Å². The monoisotopic (exact) mass is 292 g/mol. The second-order valence-corrected chi connectivity index (χ2v) is 5.22. The molecule has 1 fully saturated rings. The zero-order valence-electron chi connectivity index (χ0n) is 12.4. The van der Waals surface area contributed by atoms with Gasteiger partial charge in [0.1, 0.15) is 5.69 Å². The maximum absolute atomic E-state index is 11.7. The summed E-state index contributed by atoms with van der Waals surface area (Å²) in [5.74, 6) is -0.529. The van der Waals surface area contributed by atoms with Crippen molar-refractivity contribution in [3.8, 4) is 0 Å². The molecule has 0 aromatic heterocycles. The van der Waals surface area contributed by atoms with Crippen molar-refractivity contribution < 1.29 is 14.5 Å². The van der Waals surface area contributed by atoms with Crippen LogP contribution in [0.15, 0.2) is 18.2 Å². The third-order valence-corrected chi connectivity index (χ3v) is 3.80. The fraction of sp³-hybridized carbons (Fsp3) is 0.533. The molecule has 0 bridgehead atoms. The van der Waals surface area contributed by atoms with Gasteiger partial charge in [-0.25, -0.2) is 4.79 Å². The standard InChI is InChI=1S/C15H20N2O4/c1-3-21-15(18)12-7-8-13(14(10-12)17(19)20)16-9-5-4-6-11(16)2/h7-8,10-11H,3-6,9H2,1-2H3. The molecule has 1 saturated heterocycles. The van der Waals surface area contributed by atoms with E-state index >= 15 is 0 Å². The van der Waals surface area contributed by atoms with Gasteiger partial charge in [0.15, 0.2) is 0 Å². The Bertz CT molecular complexity index is 544. The lowest BCUT2D eigenvalue weighted by Crippen LogP contribution is -2.37. The smallest absolute Gasteiger partial charge is 0.338 e. The maximum atomic E-state index is 11.7. The molecule has 1 unspecified atom stereocenters. The van der Waals surface area contributed by atoms with Crippen molar-refractivity contribution in [2.45, 2.75) is 39.2 Å². The van der Waals surface area contributed by atoms with Gasteiger partial charge in [-0.2, -0.15) is 0 Å². The number of hydrogen-bond donors (Lipinski definition) is 0. The van der Waals surface area contributed by atoms with Crippen molar-refractivity contribution in [1.29, 1.82) is 0 Å². The first-order chi connectivity index (χ1) is 10.0. The molecule has 1 atom stereocenters. The Balaban J connectivity index is 2.37. The highest BCUT2D eigenvalue weighted by Crippen LogP contribution is 2.33. The Labute approximate surface area is 123 Å². The number of anilines is 1. The van der Waals surface area contributed by atoms with Crippen LogP contribution in [0.3, 0.4) is 0 Å². The summed E-state index contributed by atoms with van der Waals surface area (Å²) in [5, 5.41) is 11.3. The van der Waals surface area contributed by atoms with Gasteiger partial charge in [-0.1, -0.05) is 0 Å². The van der Waals surface area contributed by atoms with Crippen LogP contribution in [0.1, 0.15) is 43.5 Å². The number of esters is 1. The number of ether oxygens (including phenoxy) is 1. The lowest BCUT2D eigenvalue weighted by molar-refractivity contribution is -0.384. The molecular formula is C15H20N2O4. The number of carbonyl (C=O) groups is 1. The molecule has 0 spiro atoms. The van der Waals surface area contributed by atoms with E-state index in [1.165, 1.54) is 6.07 Å². The van der Waals surface area contributed by atoms with Crippen LogP contribution >= 0.6 is 0 Å². The molecule has 0 radical (unpaired) electrons. The number of hydrogen-bond acceptors (Lipinski definition) is 5. The highest BCUT2D eigenvalue weighted by molar-refractivity contribution is 5.91. The molecule has 21 heavy (non-hydrogen) atoms. The molecule has 114 valence electrons. The number of carbonyl (C=O) groups excluding carboxylic acids is 1. The van der Waals surface area contributed by atoms with Crippen molar-refractivity contribution in [3.63, 3.8) is 0 Å². The number of rotatable bonds is 4. The largest absolute Gasteiger partial charge is 0.462 e. The fourth-order valence-corrected chi connectivity index (χ4v) is 2.71. The molecule has 0 N–H and O–H groups in total. The van der Waals surface area contributed by atoms with Gasteiger partial charge in [-0.3, -0.25) is 10.1 Å². The maximum Gasteiger partial charge on any atom is 0.338 e. The van der Waals surface area contributed by atoms with Crippen molar-refractivity contribution in [1.82, 2.24) is 0 Å². The first-order valence-corrected chi connectivity index (χ1v) is 7.26. The van der Waals surface area contributed by atoms with Gasteiger partial charge in [0.25, 0.3) is 5.69 Å². The summed E-state index contributed by atoms with van der Waals surface area (Å²) >= 11 is 0. The van der Waals surface area contributed by atoms with Crippen LogP contribution in [0.25, 0.3) is 0 Å². The van der Waals surface area contributed by atoms with Crippen molar-refractivity contribution in [2.75, 3.05) is 18.1 Å². The number of nitrogens with zero attached hydrogens (tertiary/aromatic N) is 2. The first kappa shape index (κ1) is 15.3. The molecular weight excluding hydrogens is 272 g/mol. The van der Waals surface area contributed by atoms with E-state index in [1.807, 2.05) is 0 Å².